The number of carbonyl (C=O) groups excluding carboxylic acids is 1. The number of aryl methyl sites for hydroxylation is 1. The van der Waals surface area contributed by atoms with Gasteiger partial charge in [-0.1, -0.05) is 32.0 Å². The third-order valence-corrected chi connectivity index (χ3v) is 8.29. The van der Waals surface area contributed by atoms with Crippen molar-refractivity contribution in [2.24, 2.45) is 0 Å². The second kappa shape index (κ2) is 10.5. The number of amides is 2. The minimum absolute atomic E-state index is 0.113. The molecule has 0 radical (unpaired) electrons. The molecule has 4 aromatic carbocycles. The maximum atomic E-state index is 12.9. The highest BCUT2D eigenvalue weighted by Crippen LogP contribution is 2.54. The Morgan fingerprint density at radius 1 is 1.02 bits per heavy atom. The Balaban J connectivity index is 1.31. The van der Waals surface area contributed by atoms with Gasteiger partial charge in [0, 0.05) is 23.2 Å². The minimum Gasteiger partial charge on any atom is -0.506 e. The highest BCUT2D eigenvalue weighted by Gasteiger charge is 2.41. The van der Waals surface area contributed by atoms with Gasteiger partial charge in [-0.15, -0.1) is 24.5 Å². The molecule has 1 aliphatic rings. The van der Waals surface area contributed by atoms with Crippen molar-refractivity contribution < 1.29 is 27.8 Å². The number of benzene rings is 4. The molecule has 6 rings (SSSR count). The maximum Gasteiger partial charge on any atom is 0.573 e. The monoisotopic (exact) mass is 604 g/mol. The number of nitrogens with zero attached hydrogens (tertiary/aromatic N) is 2. The van der Waals surface area contributed by atoms with Crippen LogP contribution in [0.25, 0.3) is 20.8 Å². The van der Waals surface area contributed by atoms with Gasteiger partial charge >= 0.3 is 12.4 Å². The lowest BCUT2D eigenvalue weighted by Gasteiger charge is -2.25. The van der Waals surface area contributed by atoms with Crippen molar-refractivity contribution in [3.05, 3.63) is 90.0 Å². The fourth-order valence-corrected chi connectivity index (χ4v) is 6.45. The predicted molar refractivity (Wildman–Crippen MR) is 164 cm³/mol. The number of rotatable bonds is 5. The van der Waals surface area contributed by atoms with Gasteiger partial charge in [-0.3, -0.25) is 0 Å². The van der Waals surface area contributed by atoms with E-state index < -0.39 is 12.4 Å². The van der Waals surface area contributed by atoms with Crippen LogP contribution in [0.5, 0.6) is 11.5 Å². The summed E-state index contributed by atoms with van der Waals surface area (Å²) in [6.45, 7) is 6.78. The van der Waals surface area contributed by atoms with Gasteiger partial charge in [0.15, 0.2) is 0 Å². The van der Waals surface area contributed by atoms with Crippen molar-refractivity contribution >= 4 is 50.3 Å². The maximum absolute atomic E-state index is 12.9. The van der Waals surface area contributed by atoms with Crippen LogP contribution in [0.3, 0.4) is 0 Å². The Bertz CT molecular complexity index is 1850. The molecule has 5 aromatic rings. The van der Waals surface area contributed by atoms with Crippen LogP contribution >= 0.6 is 11.3 Å². The summed E-state index contributed by atoms with van der Waals surface area (Å²) in [6.07, 6.45) is -4.80. The van der Waals surface area contributed by atoms with Crippen molar-refractivity contribution in [3.8, 4) is 22.1 Å². The number of ether oxygens (including phenoxy) is 1. The lowest BCUT2D eigenvalue weighted by molar-refractivity contribution is -0.274. The van der Waals surface area contributed by atoms with Crippen molar-refractivity contribution in [2.45, 2.75) is 32.5 Å². The zero-order valence-corrected chi connectivity index (χ0v) is 24.2. The van der Waals surface area contributed by atoms with Crippen molar-refractivity contribution in [1.29, 1.82) is 0 Å². The number of phenols is 1. The van der Waals surface area contributed by atoms with Crippen LogP contribution in [0.1, 0.15) is 25.0 Å². The van der Waals surface area contributed by atoms with Gasteiger partial charge in [0.25, 0.3) is 0 Å². The van der Waals surface area contributed by atoms with Crippen LogP contribution in [0.4, 0.5) is 40.7 Å². The van der Waals surface area contributed by atoms with E-state index in [0.717, 1.165) is 44.0 Å². The van der Waals surface area contributed by atoms with E-state index in [1.54, 1.807) is 29.5 Å². The topological polar surface area (TPSA) is 86.7 Å². The minimum atomic E-state index is -4.80. The highest BCUT2D eigenvalue weighted by atomic mass is 32.1. The summed E-state index contributed by atoms with van der Waals surface area (Å²) in [5.41, 5.74) is 5.67. The van der Waals surface area contributed by atoms with E-state index in [-0.39, 0.29) is 22.6 Å². The smallest absolute Gasteiger partial charge is 0.506 e. The van der Waals surface area contributed by atoms with E-state index in [9.17, 15) is 23.1 Å². The Labute approximate surface area is 249 Å². The van der Waals surface area contributed by atoms with E-state index in [1.165, 1.54) is 12.1 Å². The molecule has 0 unspecified atom stereocenters. The molecule has 43 heavy (non-hydrogen) atoms. The molecule has 11 heteroatoms. The number of thiazole rings is 1. The zero-order chi connectivity index (χ0) is 30.5. The second-order valence-electron chi connectivity index (χ2n) is 11.0. The van der Waals surface area contributed by atoms with E-state index in [0.29, 0.717) is 23.6 Å². The first-order valence-electron chi connectivity index (χ1n) is 13.4. The number of carbonyl (C=O) groups is 1. The van der Waals surface area contributed by atoms with Crippen molar-refractivity contribution in [1.82, 2.24) is 4.98 Å². The number of hydrogen-bond acceptors (Lipinski definition) is 6. The Morgan fingerprint density at radius 3 is 2.51 bits per heavy atom. The molecule has 0 saturated carbocycles. The summed E-state index contributed by atoms with van der Waals surface area (Å²) in [5, 5.41) is 17.5. The lowest BCUT2D eigenvalue weighted by Crippen LogP contribution is -2.27. The van der Waals surface area contributed by atoms with Gasteiger partial charge < -0.3 is 25.4 Å². The number of nitrogens with one attached hydrogen (secondary N) is 2. The fourth-order valence-electron chi connectivity index (χ4n) is 5.47. The quantitative estimate of drug-likeness (QED) is 0.186. The fraction of sp³-hybridized carbons (Fsp3) is 0.188. The molecule has 1 aromatic heterocycles. The normalized spacial score (nSPS) is 14.0. The molecule has 2 heterocycles. The van der Waals surface area contributed by atoms with Gasteiger partial charge in [0.05, 0.1) is 27.3 Å². The first kappa shape index (κ1) is 28.4. The molecule has 0 spiro atoms. The lowest BCUT2D eigenvalue weighted by atomic mass is 9.83. The second-order valence-corrected chi connectivity index (χ2v) is 12.0. The van der Waals surface area contributed by atoms with Crippen molar-refractivity contribution in [3.63, 3.8) is 0 Å². The number of aromatic nitrogens is 1. The van der Waals surface area contributed by atoms with Crippen LogP contribution in [0, 0.1) is 6.92 Å². The standard InChI is InChI=1S/C32H27F3N4O3S/c1-18-8-15-26-23(16-18)37-29(43-26)21-13-14-25(40)28-27(21)31(2,3)17-39(28)24-7-5-4-6-22(24)38-30(41)36-19-9-11-20(12-10-19)42-32(33,34)35/h4-16,40H,17H2,1-3H3,(H2,36,38,41). The highest BCUT2D eigenvalue weighted by molar-refractivity contribution is 7.21. The molecule has 3 N–H and O–H groups in total. The summed E-state index contributed by atoms with van der Waals surface area (Å²) < 4.78 is 42.4. The number of fused-ring (bicyclic) bond motifs is 2. The van der Waals surface area contributed by atoms with Gasteiger partial charge in [-0.05, 0) is 78.7 Å². The third kappa shape index (κ3) is 5.68. The summed E-state index contributed by atoms with van der Waals surface area (Å²) in [5.74, 6) is -0.277. The van der Waals surface area contributed by atoms with Gasteiger partial charge in [-0.2, -0.15) is 0 Å². The molecule has 0 aliphatic carbocycles. The molecule has 0 fully saturated rings. The Hall–Kier alpha value is -4.77. The molecule has 220 valence electrons. The number of anilines is 4. The van der Waals surface area contributed by atoms with Crippen molar-refractivity contribution in [2.75, 3.05) is 22.1 Å². The zero-order valence-electron chi connectivity index (χ0n) is 23.4. The predicted octanol–water partition coefficient (Wildman–Crippen LogP) is 8.95. The number of urea groups is 1. The summed E-state index contributed by atoms with van der Waals surface area (Å²) >= 11 is 1.60. The van der Waals surface area contributed by atoms with Crippen LogP contribution < -0.4 is 20.3 Å². The molecule has 0 bridgehead atoms. The Morgan fingerprint density at radius 2 is 1.77 bits per heavy atom. The van der Waals surface area contributed by atoms with Gasteiger partial charge in [0.1, 0.15) is 16.5 Å². The van der Waals surface area contributed by atoms with Gasteiger partial charge in [-0.25, -0.2) is 9.78 Å². The molecule has 0 atom stereocenters. The number of hydrogen-bond donors (Lipinski definition) is 3. The third-order valence-electron chi connectivity index (χ3n) is 7.22. The number of para-hydroxylation sites is 2. The average molecular weight is 605 g/mol. The van der Waals surface area contributed by atoms with Crippen LogP contribution in [0.2, 0.25) is 0 Å². The molecule has 1 aliphatic heterocycles. The summed E-state index contributed by atoms with van der Waals surface area (Å²) in [7, 11) is 0. The number of phenolic OH excluding ortho intramolecular Hbond substituents is 1. The SMILES string of the molecule is Cc1ccc2sc(-c3ccc(O)c4c3C(C)(C)CN4c3ccccc3NC(=O)Nc3ccc(OC(F)(F)F)cc3)nc2c1. The number of halogens is 3. The van der Waals surface area contributed by atoms with Crippen LogP contribution in [0.15, 0.2) is 78.9 Å². The molecular weight excluding hydrogens is 577 g/mol. The van der Waals surface area contributed by atoms with Crippen LogP contribution in [-0.2, 0) is 5.41 Å². The summed E-state index contributed by atoms with van der Waals surface area (Å²) in [4.78, 5) is 19.9. The number of aromatic hydroxyl groups is 1. The van der Waals surface area contributed by atoms with E-state index in [4.69, 9.17) is 4.98 Å². The molecule has 7 nitrogen and oxygen atoms in total. The molecular formula is C32H27F3N4O3S. The van der Waals surface area contributed by atoms with E-state index in [2.05, 4.69) is 47.4 Å². The largest absolute Gasteiger partial charge is 0.573 e. The first-order chi connectivity index (χ1) is 20.4. The number of alkyl halides is 3. The van der Waals surface area contributed by atoms with Gasteiger partial charge in [0.2, 0.25) is 0 Å². The average Bonchev–Trinajstić information content (AvgIpc) is 3.48. The summed E-state index contributed by atoms with van der Waals surface area (Å²) in [6, 6.07) is 21.3. The Kier molecular flexibility index (Phi) is 6.92. The molecule has 0 saturated heterocycles. The van der Waals surface area contributed by atoms with Crippen LogP contribution in [-0.4, -0.2) is 29.0 Å². The first-order valence-corrected chi connectivity index (χ1v) is 14.2. The van der Waals surface area contributed by atoms with E-state index >= 15 is 0 Å². The molecule has 2 amide bonds. The van der Waals surface area contributed by atoms with E-state index in [1.807, 2.05) is 30.0 Å².